The molecule has 0 fully saturated rings. The fourth-order valence-electron chi connectivity index (χ4n) is 0.0873. The summed E-state index contributed by atoms with van der Waals surface area (Å²) in [5.41, 5.74) is 0. The second-order valence-corrected chi connectivity index (χ2v) is 2.37. The highest BCUT2D eigenvalue weighted by Crippen LogP contribution is 2.14. The van der Waals surface area contributed by atoms with Crippen LogP contribution in [0.2, 0.25) is 0 Å². The van der Waals surface area contributed by atoms with E-state index in [9.17, 15) is 4.79 Å². The zero-order chi connectivity index (χ0) is 6.78. The number of hydrogen-bond donors (Lipinski definition) is 1. The molecule has 0 rings (SSSR count). The topological polar surface area (TPSA) is 37.3 Å². The number of hydrogen-bond acceptors (Lipinski definition) is 1. The van der Waals surface area contributed by atoms with E-state index in [-0.39, 0.29) is 0 Å². The molecule has 0 saturated carbocycles. The highest BCUT2D eigenvalue weighted by Gasteiger charge is 2.25. The smallest absolute Gasteiger partial charge is 0.328 e. The van der Waals surface area contributed by atoms with Gasteiger partial charge in [0.1, 0.15) is 0 Å². The van der Waals surface area contributed by atoms with Gasteiger partial charge in [0, 0.05) is 0 Å². The number of carboxylic acid groups (broad SMARTS) is 1. The molecule has 0 radical (unpaired) electrons. The van der Waals surface area contributed by atoms with Crippen LogP contribution in [0.4, 0.5) is 0 Å². The Kier molecular flexibility index (Phi) is 2.04. The minimum atomic E-state index is -1.31. The van der Waals surface area contributed by atoms with Crippen LogP contribution in [0.25, 0.3) is 0 Å². The van der Waals surface area contributed by atoms with Gasteiger partial charge in [-0.1, -0.05) is 6.08 Å². The minimum Gasteiger partial charge on any atom is -0.480 e. The molecule has 1 atom stereocenters. The summed E-state index contributed by atoms with van der Waals surface area (Å²) in [6, 6.07) is 0. The summed E-state index contributed by atoms with van der Waals surface area (Å²) >= 11 is 5.34. The van der Waals surface area contributed by atoms with Crippen molar-refractivity contribution in [1.29, 1.82) is 0 Å². The van der Waals surface area contributed by atoms with Crippen LogP contribution >= 0.6 is 11.6 Å². The van der Waals surface area contributed by atoms with Gasteiger partial charge in [0.2, 0.25) is 0 Å². The summed E-state index contributed by atoms with van der Waals surface area (Å²) in [5.74, 6) is -1.07. The van der Waals surface area contributed by atoms with Crippen LogP contribution in [0.3, 0.4) is 0 Å². The van der Waals surface area contributed by atoms with Gasteiger partial charge in [-0.25, -0.2) is 4.79 Å². The Hall–Kier alpha value is -0.500. The molecule has 46 valence electrons. The first-order chi connectivity index (χ1) is 3.50. The maximum Gasteiger partial charge on any atom is 0.328 e. The van der Waals surface area contributed by atoms with Crippen LogP contribution in [0.5, 0.6) is 0 Å². The van der Waals surface area contributed by atoms with E-state index in [2.05, 4.69) is 6.58 Å². The van der Waals surface area contributed by atoms with Crippen molar-refractivity contribution in [3.63, 3.8) is 0 Å². The van der Waals surface area contributed by atoms with E-state index in [1.54, 1.807) is 0 Å². The van der Waals surface area contributed by atoms with Gasteiger partial charge in [-0.2, -0.15) is 0 Å². The van der Waals surface area contributed by atoms with Gasteiger partial charge in [-0.3, -0.25) is 0 Å². The van der Waals surface area contributed by atoms with Crippen molar-refractivity contribution in [3.05, 3.63) is 12.7 Å². The number of alkyl halides is 1. The van der Waals surface area contributed by atoms with Crippen LogP contribution in [0.15, 0.2) is 12.7 Å². The fraction of sp³-hybridized carbons (Fsp3) is 0.400. The van der Waals surface area contributed by atoms with Crippen LogP contribution < -0.4 is 0 Å². The molecule has 0 aromatic rings. The Morgan fingerprint density at radius 3 is 2.38 bits per heavy atom. The van der Waals surface area contributed by atoms with E-state index >= 15 is 0 Å². The van der Waals surface area contributed by atoms with Crippen LogP contribution in [-0.4, -0.2) is 16.0 Å². The Morgan fingerprint density at radius 1 is 2.00 bits per heavy atom. The molecule has 0 aliphatic rings. The second-order valence-electron chi connectivity index (χ2n) is 1.58. The normalized spacial score (nSPS) is 16.8. The summed E-state index contributed by atoms with van der Waals surface area (Å²) in [7, 11) is 0. The first-order valence-corrected chi connectivity index (χ1v) is 2.44. The molecule has 0 amide bonds. The van der Waals surface area contributed by atoms with Crippen molar-refractivity contribution in [2.24, 2.45) is 0 Å². The van der Waals surface area contributed by atoms with Crippen molar-refractivity contribution in [3.8, 4) is 0 Å². The van der Waals surface area contributed by atoms with Gasteiger partial charge in [-0.15, -0.1) is 18.2 Å². The Labute approximate surface area is 52.8 Å². The van der Waals surface area contributed by atoms with Crippen molar-refractivity contribution in [2.75, 3.05) is 0 Å². The second kappa shape index (κ2) is 2.18. The molecule has 0 spiro atoms. The number of aliphatic carboxylic acids is 1. The summed E-state index contributed by atoms with van der Waals surface area (Å²) in [6.07, 6.45) is 1.18. The molecule has 0 aromatic carbocycles. The van der Waals surface area contributed by atoms with Gasteiger partial charge in [-0.05, 0) is 6.92 Å². The highest BCUT2D eigenvalue weighted by molar-refractivity contribution is 6.34. The Morgan fingerprint density at radius 2 is 2.38 bits per heavy atom. The van der Waals surface area contributed by atoms with E-state index in [1.807, 2.05) is 0 Å². The maximum atomic E-state index is 10.0. The predicted molar refractivity (Wildman–Crippen MR) is 32.1 cm³/mol. The Balaban J connectivity index is 4.12. The number of carboxylic acids is 1. The van der Waals surface area contributed by atoms with Crippen molar-refractivity contribution in [2.45, 2.75) is 11.8 Å². The predicted octanol–water partition coefficient (Wildman–Crippen LogP) is 1.25. The van der Waals surface area contributed by atoms with Gasteiger partial charge in [0.25, 0.3) is 0 Å². The lowest BCUT2D eigenvalue weighted by Gasteiger charge is -2.07. The van der Waals surface area contributed by atoms with Gasteiger partial charge < -0.3 is 5.11 Å². The van der Waals surface area contributed by atoms with Crippen LogP contribution in [-0.2, 0) is 4.79 Å². The van der Waals surface area contributed by atoms with E-state index in [1.165, 1.54) is 13.0 Å². The lowest BCUT2D eigenvalue weighted by atomic mass is 10.2. The molecule has 0 saturated heterocycles. The summed E-state index contributed by atoms with van der Waals surface area (Å²) in [6.45, 7) is 4.61. The number of halogens is 1. The largest absolute Gasteiger partial charge is 0.480 e. The van der Waals surface area contributed by atoms with Crippen LogP contribution in [0, 0.1) is 0 Å². The Bertz CT molecular complexity index is 118. The fourth-order valence-corrected chi connectivity index (χ4v) is 0.0873. The summed E-state index contributed by atoms with van der Waals surface area (Å²) in [5, 5.41) is 8.24. The van der Waals surface area contributed by atoms with E-state index < -0.39 is 10.8 Å². The molecule has 2 nitrogen and oxygen atoms in total. The molecular formula is C5H7ClO2. The third kappa shape index (κ3) is 1.54. The first-order valence-electron chi connectivity index (χ1n) is 2.06. The summed E-state index contributed by atoms with van der Waals surface area (Å²) < 4.78 is 0. The SMILES string of the molecule is C=CC(C)(Cl)C(=O)O. The molecule has 0 bridgehead atoms. The first kappa shape index (κ1) is 7.50. The lowest BCUT2D eigenvalue weighted by Crippen LogP contribution is -2.24. The molecule has 3 heteroatoms. The average Bonchev–Trinajstić information content (AvgIpc) is 1.67. The third-order valence-corrected chi connectivity index (χ3v) is 1.12. The maximum absolute atomic E-state index is 10.0. The standard InChI is InChI=1S/C5H7ClO2/c1-3-5(2,6)4(7)8/h3H,1H2,2H3,(H,7,8). The van der Waals surface area contributed by atoms with E-state index in [0.717, 1.165) is 0 Å². The van der Waals surface area contributed by atoms with Gasteiger partial charge in [0.15, 0.2) is 4.87 Å². The molecule has 0 aliphatic heterocycles. The lowest BCUT2D eigenvalue weighted by molar-refractivity contribution is -0.138. The van der Waals surface area contributed by atoms with E-state index in [0.29, 0.717) is 0 Å². The zero-order valence-electron chi connectivity index (χ0n) is 4.52. The molecular weight excluding hydrogens is 128 g/mol. The summed E-state index contributed by atoms with van der Waals surface area (Å²) in [4.78, 5) is 8.74. The molecule has 0 aliphatic carbocycles. The van der Waals surface area contributed by atoms with Gasteiger partial charge >= 0.3 is 5.97 Å². The minimum absolute atomic E-state index is 1.07. The van der Waals surface area contributed by atoms with Crippen molar-refractivity contribution >= 4 is 17.6 Å². The molecule has 0 aromatic heterocycles. The zero-order valence-corrected chi connectivity index (χ0v) is 5.27. The third-order valence-electron chi connectivity index (χ3n) is 0.802. The monoisotopic (exact) mass is 134 g/mol. The van der Waals surface area contributed by atoms with Gasteiger partial charge in [0.05, 0.1) is 0 Å². The number of carbonyl (C=O) groups is 1. The quantitative estimate of drug-likeness (QED) is 0.456. The molecule has 1 unspecified atom stereocenters. The van der Waals surface area contributed by atoms with Crippen molar-refractivity contribution in [1.82, 2.24) is 0 Å². The van der Waals surface area contributed by atoms with Crippen LogP contribution in [0.1, 0.15) is 6.92 Å². The van der Waals surface area contributed by atoms with Crippen molar-refractivity contribution < 1.29 is 9.90 Å². The highest BCUT2D eigenvalue weighted by atomic mass is 35.5. The number of rotatable bonds is 2. The van der Waals surface area contributed by atoms with E-state index in [4.69, 9.17) is 16.7 Å². The average molecular weight is 135 g/mol. The molecule has 1 N–H and O–H groups in total. The molecule has 8 heavy (non-hydrogen) atoms. The molecule has 0 heterocycles.